The smallest absolute Gasteiger partial charge is 0.144 e. The normalized spacial score (nSPS) is 11.3. The summed E-state index contributed by atoms with van der Waals surface area (Å²) in [5.41, 5.74) is 0.630. The largest absolute Gasteiger partial charge is 0.338 e. The number of nitrogens with one attached hydrogen (secondary N) is 1. The van der Waals surface area contributed by atoms with Crippen molar-refractivity contribution in [1.29, 1.82) is 0 Å². The van der Waals surface area contributed by atoms with E-state index >= 15 is 0 Å². The van der Waals surface area contributed by atoms with Gasteiger partial charge in [-0.2, -0.15) is 0 Å². The lowest BCUT2D eigenvalue weighted by molar-refractivity contribution is 0.561. The molecule has 0 atom stereocenters. The molecule has 136 valence electrons. The molecule has 1 N–H and O–H groups in total. The summed E-state index contributed by atoms with van der Waals surface area (Å²) in [6, 6.07) is 10.2. The van der Waals surface area contributed by atoms with Crippen molar-refractivity contribution in [3.8, 4) is 11.4 Å². The van der Waals surface area contributed by atoms with Crippen molar-refractivity contribution in [2.24, 2.45) is 0 Å². The maximum absolute atomic E-state index is 14.1. The standard InChI is InChI=1S/C20H11ClF4N2/c21-12-7-8-17-19(10(12)9-11-13(22)3-1-4-14(11)23)27-20(26-17)18-15(24)5-2-6-16(18)25/h1-8H,9H2,(H,26,27). The molecular weight excluding hydrogens is 380 g/mol. The van der Waals surface area contributed by atoms with E-state index in [0.717, 1.165) is 24.3 Å². The number of halogens is 5. The zero-order chi connectivity index (χ0) is 19.1. The monoisotopic (exact) mass is 390 g/mol. The molecule has 3 aromatic carbocycles. The fraction of sp³-hybridized carbons (Fsp3) is 0.0500. The number of hydrogen-bond acceptors (Lipinski definition) is 1. The summed E-state index contributed by atoms with van der Waals surface area (Å²) in [6.45, 7) is 0. The van der Waals surface area contributed by atoms with E-state index in [9.17, 15) is 17.6 Å². The fourth-order valence-corrected chi connectivity index (χ4v) is 3.22. The van der Waals surface area contributed by atoms with E-state index in [0.29, 0.717) is 16.6 Å². The maximum Gasteiger partial charge on any atom is 0.144 e. The number of nitrogens with zero attached hydrogens (tertiary/aromatic N) is 1. The Kier molecular flexibility index (Phi) is 4.36. The van der Waals surface area contributed by atoms with Crippen LogP contribution in [0.5, 0.6) is 0 Å². The summed E-state index contributed by atoms with van der Waals surface area (Å²) in [5, 5.41) is 0.247. The summed E-state index contributed by atoms with van der Waals surface area (Å²) in [7, 11) is 0. The average molecular weight is 391 g/mol. The minimum Gasteiger partial charge on any atom is -0.338 e. The molecule has 0 amide bonds. The molecule has 7 heteroatoms. The van der Waals surface area contributed by atoms with Gasteiger partial charge in [-0.1, -0.05) is 23.7 Å². The third kappa shape index (κ3) is 3.06. The first-order valence-electron chi connectivity index (χ1n) is 8.00. The Bertz CT molecular complexity index is 1130. The first-order chi connectivity index (χ1) is 13.0. The number of aromatic nitrogens is 2. The lowest BCUT2D eigenvalue weighted by Gasteiger charge is -2.08. The van der Waals surface area contributed by atoms with Gasteiger partial charge in [0, 0.05) is 22.6 Å². The minimum atomic E-state index is -0.776. The molecular formula is C20H11ClF4N2. The van der Waals surface area contributed by atoms with Gasteiger partial charge >= 0.3 is 0 Å². The highest BCUT2D eigenvalue weighted by Gasteiger charge is 2.19. The van der Waals surface area contributed by atoms with Crippen LogP contribution in [0.1, 0.15) is 11.1 Å². The Hall–Kier alpha value is -2.86. The molecule has 0 unspecified atom stereocenters. The van der Waals surface area contributed by atoms with E-state index in [-0.39, 0.29) is 28.4 Å². The van der Waals surface area contributed by atoms with Crippen LogP contribution in [0.2, 0.25) is 5.02 Å². The zero-order valence-corrected chi connectivity index (χ0v) is 14.4. The van der Waals surface area contributed by atoms with Crippen LogP contribution < -0.4 is 0 Å². The molecule has 0 bridgehead atoms. The van der Waals surface area contributed by atoms with Crippen molar-refractivity contribution < 1.29 is 17.6 Å². The molecule has 2 nitrogen and oxygen atoms in total. The third-order valence-electron chi connectivity index (χ3n) is 4.32. The Morgan fingerprint density at radius 1 is 0.778 bits per heavy atom. The van der Waals surface area contributed by atoms with Crippen molar-refractivity contribution in [1.82, 2.24) is 9.97 Å². The molecule has 0 aliphatic carbocycles. The van der Waals surface area contributed by atoms with E-state index in [4.69, 9.17) is 11.6 Å². The Morgan fingerprint density at radius 3 is 2.00 bits per heavy atom. The first-order valence-corrected chi connectivity index (χ1v) is 8.38. The number of fused-ring (bicyclic) bond motifs is 1. The van der Waals surface area contributed by atoms with Gasteiger partial charge in [0.15, 0.2) is 0 Å². The van der Waals surface area contributed by atoms with Crippen molar-refractivity contribution in [2.45, 2.75) is 6.42 Å². The van der Waals surface area contributed by atoms with E-state index in [1.54, 1.807) is 6.07 Å². The molecule has 1 aromatic heterocycles. The highest BCUT2D eigenvalue weighted by molar-refractivity contribution is 6.32. The van der Waals surface area contributed by atoms with E-state index in [1.807, 2.05) is 0 Å². The number of rotatable bonds is 3. The van der Waals surface area contributed by atoms with Crippen LogP contribution in [-0.2, 0) is 6.42 Å². The number of imidazole rings is 1. The summed E-state index contributed by atoms with van der Waals surface area (Å²) in [4.78, 5) is 7.09. The number of hydrogen-bond donors (Lipinski definition) is 1. The topological polar surface area (TPSA) is 28.7 Å². The number of benzene rings is 3. The number of H-pyrrole nitrogens is 1. The predicted molar refractivity (Wildman–Crippen MR) is 95.6 cm³/mol. The SMILES string of the molecule is Fc1cccc(F)c1Cc1c(Cl)ccc2[nH]c(-c3c(F)cccc3F)nc12. The highest BCUT2D eigenvalue weighted by atomic mass is 35.5. The van der Waals surface area contributed by atoms with Gasteiger partial charge in [0.2, 0.25) is 0 Å². The summed E-state index contributed by atoms with van der Waals surface area (Å²) in [5.74, 6) is -3.00. The van der Waals surface area contributed by atoms with Gasteiger partial charge in [-0.15, -0.1) is 0 Å². The van der Waals surface area contributed by atoms with Gasteiger partial charge in [0.05, 0.1) is 16.6 Å². The van der Waals surface area contributed by atoms with Crippen molar-refractivity contribution >= 4 is 22.6 Å². The van der Waals surface area contributed by atoms with Gasteiger partial charge < -0.3 is 4.98 Å². The fourth-order valence-electron chi connectivity index (χ4n) is 3.00. The van der Waals surface area contributed by atoms with Crippen LogP contribution >= 0.6 is 11.6 Å². The lowest BCUT2D eigenvalue weighted by Crippen LogP contribution is -1.98. The molecule has 27 heavy (non-hydrogen) atoms. The molecule has 0 aliphatic heterocycles. The molecule has 4 rings (SSSR count). The van der Waals surface area contributed by atoms with Gasteiger partial charge in [-0.05, 0) is 36.4 Å². The zero-order valence-electron chi connectivity index (χ0n) is 13.7. The molecule has 0 saturated heterocycles. The molecule has 0 radical (unpaired) electrons. The lowest BCUT2D eigenvalue weighted by atomic mass is 10.0. The van der Waals surface area contributed by atoms with E-state index < -0.39 is 23.3 Å². The van der Waals surface area contributed by atoms with Crippen molar-refractivity contribution in [3.05, 3.63) is 87.9 Å². The maximum atomic E-state index is 14.1. The molecule has 0 spiro atoms. The quantitative estimate of drug-likeness (QED) is 0.425. The van der Waals surface area contributed by atoms with Crippen LogP contribution in [0, 0.1) is 23.3 Å². The van der Waals surface area contributed by atoms with Crippen LogP contribution in [0.3, 0.4) is 0 Å². The summed E-state index contributed by atoms with van der Waals surface area (Å²) in [6.07, 6.45) is -0.154. The van der Waals surface area contributed by atoms with E-state index in [1.165, 1.54) is 18.2 Å². The second-order valence-electron chi connectivity index (χ2n) is 5.98. The average Bonchev–Trinajstić information content (AvgIpc) is 3.03. The molecule has 1 heterocycles. The molecule has 0 aliphatic rings. The predicted octanol–water partition coefficient (Wildman–Crippen LogP) is 6.03. The van der Waals surface area contributed by atoms with Gasteiger partial charge in [0.1, 0.15) is 29.1 Å². The number of aromatic amines is 1. The minimum absolute atomic E-state index is 0.0295. The molecule has 4 aromatic rings. The van der Waals surface area contributed by atoms with E-state index in [2.05, 4.69) is 9.97 Å². The summed E-state index contributed by atoms with van der Waals surface area (Å²) >= 11 is 6.23. The van der Waals surface area contributed by atoms with Crippen LogP contribution in [0.4, 0.5) is 17.6 Å². The van der Waals surface area contributed by atoms with Crippen LogP contribution in [0.15, 0.2) is 48.5 Å². The van der Waals surface area contributed by atoms with Gasteiger partial charge in [-0.3, -0.25) is 0 Å². The third-order valence-corrected chi connectivity index (χ3v) is 4.67. The second-order valence-corrected chi connectivity index (χ2v) is 6.39. The molecule has 0 fully saturated rings. The highest BCUT2D eigenvalue weighted by Crippen LogP contribution is 2.32. The Labute approximate surface area is 156 Å². The molecule has 0 saturated carbocycles. The first kappa shape index (κ1) is 17.5. The van der Waals surface area contributed by atoms with Crippen LogP contribution in [0.25, 0.3) is 22.4 Å². The van der Waals surface area contributed by atoms with Gasteiger partial charge in [-0.25, -0.2) is 22.5 Å². The van der Waals surface area contributed by atoms with Gasteiger partial charge in [0.25, 0.3) is 0 Å². The Morgan fingerprint density at radius 2 is 1.37 bits per heavy atom. The van der Waals surface area contributed by atoms with Crippen LogP contribution in [-0.4, -0.2) is 9.97 Å². The van der Waals surface area contributed by atoms with Crippen molar-refractivity contribution in [3.63, 3.8) is 0 Å². The van der Waals surface area contributed by atoms with Crippen molar-refractivity contribution in [2.75, 3.05) is 0 Å². The Balaban J connectivity index is 1.90. The second kappa shape index (κ2) is 6.70. The summed E-state index contributed by atoms with van der Waals surface area (Å²) < 4.78 is 56.2.